The lowest BCUT2D eigenvalue weighted by Crippen LogP contribution is -1.92. The predicted molar refractivity (Wildman–Crippen MR) is 67.6 cm³/mol. The highest BCUT2D eigenvalue weighted by molar-refractivity contribution is 5.84. The molecular weight excluding hydrogens is 228 g/mol. The Kier molecular flexibility index (Phi) is 3.77. The molecule has 0 radical (unpaired) electrons. The number of hydrogen-bond acceptors (Lipinski definition) is 4. The number of isocyanates is 2. The summed E-state index contributed by atoms with van der Waals surface area (Å²) in [5.74, 6) is 0. The second-order valence-electron chi connectivity index (χ2n) is 3.78. The Hall–Kier alpha value is -2.54. The van der Waals surface area contributed by atoms with Gasteiger partial charge in [0.2, 0.25) is 12.2 Å². The van der Waals surface area contributed by atoms with E-state index in [9.17, 15) is 9.59 Å². The number of nitrogens with zero attached hydrogens (tertiary/aromatic N) is 2. The van der Waals surface area contributed by atoms with Crippen LogP contribution in [0.25, 0.3) is 10.8 Å². The van der Waals surface area contributed by atoms with Gasteiger partial charge in [-0.05, 0) is 34.0 Å². The van der Waals surface area contributed by atoms with Gasteiger partial charge in [0.25, 0.3) is 0 Å². The van der Waals surface area contributed by atoms with Crippen LogP contribution in [0.3, 0.4) is 0 Å². The fraction of sp³-hybridized carbons (Fsp3) is 0.143. The molecule has 0 unspecified atom stereocenters. The normalized spacial score (nSPS) is 9.56. The molecule has 0 aliphatic rings. The summed E-state index contributed by atoms with van der Waals surface area (Å²) in [6.45, 7) is 0.496. The minimum absolute atomic E-state index is 0.248. The lowest BCUT2D eigenvalue weighted by molar-refractivity contribution is 0.561. The van der Waals surface area contributed by atoms with Crippen molar-refractivity contribution in [1.29, 1.82) is 0 Å². The second kappa shape index (κ2) is 5.69. The first-order valence-electron chi connectivity index (χ1n) is 5.43. The molecular formula is C14H10N2O2. The Labute approximate surface area is 104 Å². The van der Waals surface area contributed by atoms with E-state index in [1.54, 1.807) is 0 Å². The third kappa shape index (κ3) is 2.58. The quantitative estimate of drug-likeness (QED) is 0.607. The van der Waals surface area contributed by atoms with Gasteiger partial charge in [0.15, 0.2) is 0 Å². The van der Waals surface area contributed by atoms with Crippen molar-refractivity contribution in [2.24, 2.45) is 9.98 Å². The van der Waals surface area contributed by atoms with Gasteiger partial charge in [-0.3, -0.25) is 0 Å². The minimum atomic E-state index is 0.248. The van der Waals surface area contributed by atoms with Crippen molar-refractivity contribution >= 4 is 22.9 Å². The van der Waals surface area contributed by atoms with Crippen molar-refractivity contribution in [2.75, 3.05) is 0 Å². The first kappa shape index (κ1) is 11.9. The first-order valence-corrected chi connectivity index (χ1v) is 5.43. The van der Waals surface area contributed by atoms with Crippen LogP contribution in [0.4, 0.5) is 0 Å². The van der Waals surface area contributed by atoms with Crippen LogP contribution in [-0.2, 0) is 22.7 Å². The van der Waals surface area contributed by atoms with Crippen LogP contribution in [0.5, 0.6) is 0 Å². The number of benzene rings is 2. The van der Waals surface area contributed by atoms with Crippen molar-refractivity contribution in [3.05, 3.63) is 47.5 Å². The van der Waals surface area contributed by atoms with Crippen LogP contribution in [0, 0.1) is 0 Å². The zero-order valence-electron chi connectivity index (χ0n) is 9.59. The molecule has 0 fully saturated rings. The van der Waals surface area contributed by atoms with Crippen LogP contribution in [-0.4, -0.2) is 12.2 Å². The maximum absolute atomic E-state index is 10.2. The number of aliphatic imine (C=N–C) groups is 2. The van der Waals surface area contributed by atoms with E-state index in [0.717, 1.165) is 21.9 Å². The molecule has 2 rings (SSSR count). The van der Waals surface area contributed by atoms with Gasteiger partial charge in [0.1, 0.15) is 0 Å². The summed E-state index contributed by atoms with van der Waals surface area (Å²) in [5, 5.41) is 2.12. The summed E-state index contributed by atoms with van der Waals surface area (Å²) < 4.78 is 0. The SMILES string of the molecule is O=C=NCc1cc2ccccc2cc1CN=C=O. The molecule has 4 nitrogen and oxygen atoms in total. The van der Waals surface area contributed by atoms with Crippen molar-refractivity contribution in [1.82, 2.24) is 0 Å². The molecule has 0 aliphatic carbocycles. The Morgan fingerprint density at radius 1 is 0.833 bits per heavy atom. The van der Waals surface area contributed by atoms with E-state index in [4.69, 9.17) is 0 Å². The lowest BCUT2D eigenvalue weighted by atomic mass is 10.0. The van der Waals surface area contributed by atoms with Crippen molar-refractivity contribution in [3.63, 3.8) is 0 Å². The zero-order valence-corrected chi connectivity index (χ0v) is 9.59. The molecule has 0 spiro atoms. The molecule has 0 heterocycles. The van der Waals surface area contributed by atoms with E-state index in [-0.39, 0.29) is 13.1 Å². The molecule has 0 N–H and O–H groups in total. The fourth-order valence-electron chi connectivity index (χ4n) is 1.86. The average molecular weight is 238 g/mol. The molecule has 0 atom stereocenters. The Bertz CT molecular complexity index is 608. The van der Waals surface area contributed by atoms with E-state index >= 15 is 0 Å². The first-order chi connectivity index (χ1) is 8.85. The predicted octanol–water partition coefficient (Wildman–Crippen LogP) is 2.51. The third-order valence-corrected chi connectivity index (χ3v) is 2.70. The molecule has 2 aromatic carbocycles. The highest BCUT2D eigenvalue weighted by atomic mass is 16.1. The number of fused-ring (bicyclic) bond motifs is 1. The lowest BCUT2D eigenvalue weighted by Gasteiger charge is -2.07. The molecule has 2 aromatic rings. The summed E-state index contributed by atoms with van der Waals surface area (Å²) in [5.41, 5.74) is 1.74. The van der Waals surface area contributed by atoms with Crippen molar-refractivity contribution < 1.29 is 9.59 Å². The van der Waals surface area contributed by atoms with E-state index in [0.29, 0.717) is 0 Å². The van der Waals surface area contributed by atoms with E-state index in [2.05, 4.69) is 9.98 Å². The molecule has 0 saturated heterocycles. The van der Waals surface area contributed by atoms with Crippen molar-refractivity contribution in [2.45, 2.75) is 13.1 Å². The second-order valence-corrected chi connectivity index (χ2v) is 3.78. The molecule has 0 aliphatic heterocycles. The highest BCUT2D eigenvalue weighted by Gasteiger charge is 2.04. The summed E-state index contributed by atoms with van der Waals surface area (Å²) in [7, 11) is 0. The van der Waals surface area contributed by atoms with Crippen LogP contribution in [0.1, 0.15) is 11.1 Å². The molecule has 0 bridgehead atoms. The maximum Gasteiger partial charge on any atom is 0.235 e. The third-order valence-electron chi connectivity index (χ3n) is 2.70. The minimum Gasteiger partial charge on any atom is -0.211 e. The summed E-state index contributed by atoms with van der Waals surface area (Å²) in [6.07, 6.45) is 3.03. The average Bonchev–Trinajstić information content (AvgIpc) is 2.42. The molecule has 18 heavy (non-hydrogen) atoms. The zero-order chi connectivity index (χ0) is 12.8. The maximum atomic E-state index is 10.2. The summed E-state index contributed by atoms with van der Waals surface area (Å²) in [4.78, 5) is 27.5. The van der Waals surface area contributed by atoms with Gasteiger partial charge in [0, 0.05) is 0 Å². The molecule has 0 saturated carbocycles. The Morgan fingerprint density at radius 2 is 1.28 bits per heavy atom. The van der Waals surface area contributed by atoms with E-state index < -0.39 is 0 Å². The van der Waals surface area contributed by atoms with Gasteiger partial charge in [-0.15, -0.1) is 0 Å². The number of hydrogen-bond donors (Lipinski definition) is 0. The Balaban J connectivity index is 2.54. The van der Waals surface area contributed by atoms with E-state index in [1.165, 1.54) is 12.2 Å². The van der Waals surface area contributed by atoms with Crippen LogP contribution < -0.4 is 0 Å². The van der Waals surface area contributed by atoms with Crippen molar-refractivity contribution in [3.8, 4) is 0 Å². The Morgan fingerprint density at radius 3 is 1.67 bits per heavy atom. The van der Waals surface area contributed by atoms with Gasteiger partial charge < -0.3 is 0 Å². The van der Waals surface area contributed by atoms with Crippen LogP contribution in [0.15, 0.2) is 46.4 Å². The monoisotopic (exact) mass is 238 g/mol. The standard InChI is InChI=1S/C14H10N2O2/c17-9-15-7-13-5-11-3-1-2-4-12(11)6-14(13)8-16-10-18/h1-6H,7-8H2. The largest absolute Gasteiger partial charge is 0.235 e. The van der Waals surface area contributed by atoms with Crippen LogP contribution in [0.2, 0.25) is 0 Å². The smallest absolute Gasteiger partial charge is 0.211 e. The molecule has 0 aromatic heterocycles. The van der Waals surface area contributed by atoms with Gasteiger partial charge in [-0.25, -0.2) is 19.6 Å². The number of rotatable bonds is 4. The topological polar surface area (TPSA) is 58.9 Å². The molecule has 0 amide bonds. The summed E-state index contributed by atoms with van der Waals surface area (Å²) in [6, 6.07) is 11.8. The van der Waals surface area contributed by atoms with E-state index in [1.807, 2.05) is 36.4 Å². The fourth-order valence-corrected chi connectivity index (χ4v) is 1.86. The van der Waals surface area contributed by atoms with Crippen LogP contribution >= 0.6 is 0 Å². The molecule has 88 valence electrons. The highest BCUT2D eigenvalue weighted by Crippen LogP contribution is 2.21. The van der Waals surface area contributed by atoms with Gasteiger partial charge in [-0.2, -0.15) is 0 Å². The summed E-state index contributed by atoms with van der Waals surface area (Å²) >= 11 is 0. The number of carbonyl (C=O) groups excluding carboxylic acids is 2. The molecule has 4 heteroatoms. The van der Waals surface area contributed by atoms with Gasteiger partial charge in [0.05, 0.1) is 13.1 Å². The van der Waals surface area contributed by atoms with Gasteiger partial charge in [-0.1, -0.05) is 24.3 Å². The van der Waals surface area contributed by atoms with Gasteiger partial charge >= 0.3 is 0 Å².